The fourth-order valence-corrected chi connectivity index (χ4v) is 1.97. The van der Waals surface area contributed by atoms with Gasteiger partial charge in [-0.15, -0.1) is 11.6 Å². The predicted octanol–water partition coefficient (Wildman–Crippen LogP) is 3.42. The van der Waals surface area contributed by atoms with Crippen molar-refractivity contribution in [2.45, 2.75) is 51.8 Å². The van der Waals surface area contributed by atoms with E-state index >= 15 is 0 Å². The minimum atomic E-state index is 0.312. The Bertz CT molecular complexity index is 102. The van der Waals surface area contributed by atoms with E-state index in [1.807, 2.05) is 0 Å². The highest BCUT2D eigenvalue weighted by atomic mass is 35.5. The van der Waals surface area contributed by atoms with Crippen molar-refractivity contribution in [3.8, 4) is 0 Å². The van der Waals surface area contributed by atoms with Crippen LogP contribution < -0.4 is 5.32 Å². The van der Waals surface area contributed by atoms with E-state index in [2.05, 4.69) is 26.1 Å². The van der Waals surface area contributed by atoms with Gasteiger partial charge in [0.25, 0.3) is 0 Å². The second-order valence-electron chi connectivity index (χ2n) is 3.65. The number of rotatable bonds is 8. The summed E-state index contributed by atoms with van der Waals surface area (Å²) in [6.45, 7) is 8.72. The van der Waals surface area contributed by atoms with Crippen molar-refractivity contribution in [2.24, 2.45) is 5.92 Å². The standard InChI is InChI=1S/C11H24ClN/c1-4-7-8-13-9-11(12)10(5-2)6-3/h10-11,13H,4-9H2,1-3H3. The molecule has 1 N–H and O–H groups in total. The fourth-order valence-electron chi connectivity index (χ4n) is 1.51. The average Bonchev–Trinajstić information content (AvgIpc) is 2.14. The molecule has 0 bridgehead atoms. The van der Waals surface area contributed by atoms with Gasteiger partial charge in [-0.05, 0) is 18.9 Å². The molecule has 0 amide bonds. The molecule has 0 aliphatic carbocycles. The molecule has 0 aromatic carbocycles. The molecule has 13 heavy (non-hydrogen) atoms. The summed E-state index contributed by atoms with van der Waals surface area (Å²) in [5.41, 5.74) is 0. The molecule has 0 spiro atoms. The Hall–Kier alpha value is 0.250. The Morgan fingerprint density at radius 3 is 2.23 bits per heavy atom. The van der Waals surface area contributed by atoms with Gasteiger partial charge in [0, 0.05) is 11.9 Å². The van der Waals surface area contributed by atoms with E-state index in [-0.39, 0.29) is 0 Å². The van der Waals surface area contributed by atoms with Crippen molar-refractivity contribution >= 4 is 11.6 Å². The second-order valence-corrected chi connectivity index (χ2v) is 4.21. The van der Waals surface area contributed by atoms with E-state index in [0.29, 0.717) is 11.3 Å². The minimum Gasteiger partial charge on any atom is -0.315 e. The molecule has 1 nitrogen and oxygen atoms in total. The van der Waals surface area contributed by atoms with E-state index in [9.17, 15) is 0 Å². The maximum absolute atomic E-state index is 6.26. The van der Waals surface area contributed by atoms with Crippen molar-refractivity contribution in [1.82, 2.24) is 5.32 Å². The Labute approximate surface area is 88.2 Å². The molecule has 1 atom stereocenters. The third kappa shape index (κ3) is 6.34. The van der Waals surface area contributed by atoms with E-state index in [0.717, 1.165) is 13.1 Å². The van der Waals surface area contributed by atoms with E-state index in [1.165, 1.54) is 25.7 Å². The Morgan fingerprint density at radius 2 is 1.77 bits per heavy atom. The van der Waals surface area contributed by atoms with Gasteiger partial charge in [0.2, 0.25) is 0 Å². The maximum Gasteiger partial charge on any atom is 0.0488 e. The molecule has 0 aromatic rings. The summed E-state index contributed by atoms with van der Waals surface area (Å²) >= 11 is 6.26. The van der Waals surface area contributed by atoms with E-state index < -0.39 is 0 Å². The van der Waals surface area contributed by atoms with Crippen LogP contribution in [0.4, 0.5) is 0 Å². The molecule has 0 aliphatic rings. The summed E-state index contributed by atoms with van der Waals surface area (Å²) in [5.74, 6) is 0.677. The van der Waals surface area contributed by atoms with Gasteiger partial charge in [0.05, 0.1) is 0 Å². The highest BCUT2D eigenvalue weighted by Crippen LogP contribution is 2.17. The molecule has 80 valence electrons. The van der Waals surface area contributed by atoms with Gasteiger partial charge in [0.15, 0.2) is 0 Å². The van der Waals surface area contributed by atoms with Crippen LogP contribution in [0.1, 0.15) is 46.5 Å². The van der Waals surface area contributed by atoms with E-state index in [4.69, 9.17) is 11.6 Å². The van der Waals surface area contributed by atoms with Crippen LogP contribution in [0.5, 0.6) is 0 Å². The number of nitrogens with one attached hydrogen (secondary N) is 1. The van der Waals surface area contributed by atoms with Crippen LogP contribution in [0.2, 0.25) is 0 Å². The molecule has 0 fully saturated rings. The first-order chi connectivity index (χ1) is 6.26. The van der Waals surface area contributed by atoms with Gasteiger partial charge >= 0.3 is 0 Å². The molecule has 0 radical (unpaired) electrons. The van der Waals surface area contributed by atoms with Crippen LogP contribution in [-0.2, 0) is 0 Å². The van der Waals surface area contributed by atoms with Crippen molar-refractivity contribution in [3.63, 3.8) is 0 Å². The van der Waals surface area contributed by atoms with Crippen LogP contribution in [0, 0.1) is 5.92 Å². The smallest absolute Gasteiger partial charge is 0.0488 e. The van der Waals surface area contributed by atoms with Gasteiger partial charge in [-0.1, -0.05) is 40.0 Å². The highest BCUT2D eigenvalue weighted by Gasteiger charge is 2.14. The monoisotopic (exact) mass is 205 g/mol. The predicted molar refractivity (Wildman–Crippen MR) is 61.5 cm³/mol. The topological polar surface area (TPSA) is 12.0 Å². The lowest BCUT2D eigenvalue weighted by molar-refractivity contribution is 0.445. The van der Waals surface area contributed by atoms with Crippen molar-refractivity contribution in [1.29, 1.82) is 0 Å². The molecule has 1 unspecified atom stereocenters. The largest absolute Gasteiger partial charge is 0.315 e. The zero-order valence-corrected chi connectivity index (χ0v) is 10.0. The first-order valence-electron chi connectivity index (χ1n) is 5.60. The lowest BCUT2D eigenvalue weighted by Crippen LogP contribution is -2.29. The average molecular weight is 206 g/mol. The normalized spacial score (nSPS) is 13.6. The summed E-state index contributed by atoms with van der Waals surface area (Å²) in [7, 11) is 0. The highest BCUT2D eigenvalue weighted by molar-refractivity contribution is 6.21. The summed E-state index contributed by atoms with van der Waals surface area (Å²) in [6.07, 6.45) is 4.90. The van der Waals surface area contributed by atoms with Gasteiger partial charge in [-0.25, -0.2) is 0 Å². The summed E-state index contributed by atoms with van der Waals surface area (Å²) in [6, 6.07) is 0. The van der Waals surface area contributed by atoms with Gasteiger partial charge in [-0.3, -0.25) is 0 Å². The Kier molecular flexibility index (Phi) is 9.00. The molecular weight excluding hydrogens is 182 g/mol. The second kappa shape index (κ2) is 8.83. The molecular formula is C11H24ClN. The summed E-state index contributed by atoms with van der Waals surface area (Å²) in [5, 5.41) is 3.72. The zero-order valence-electron chi connectivity index (χ0n) is 9.28. The lowest BCUT2D eigenvalue weighted by Gasteiger charge is -2.19. The summed E-state index contributed by atoms with van der Waals surface area (Å²) < 4.78 is 0. The minimum absolute atomic E-state index is 0.312. The number of halogens is 1. The molecule has 0 saturated carbocycles. The number of unbranched alkanes of at least 4 members (excludes halogenated alkanes) is 1. The number of alkyl halides is 1. The Balaban J connectivity index is 3.42. The Morgan fingerprint density at radius 1 is 1.15 bits per heavy atom. The SMILES string of the molecule is CCCCNCC(Cl)C(CC)CC. The molecule has 0 aliphatic heterocycles. The molecule has 0 saturated heterocycles. The van der Waals surface area contributed by atoms with Crippen molar-refractivity contribution in [2.75, 3.05) is 13.1 Å². The summed E-state index contributed by atoms with van der Waals surface area (Å²) in [4.78, 5) is 0. The van der Waals surface area contributed by atoms with Gasteiger partial charge in [0.1, 0.15) is 0 Å². The molecule has 0 rings (SSSR count). The third-order valence-electron chi connectivity index (χ3n) is 2.61. The molecule has 2 heteroatoms. The van der Waals surface area contributed by atoms with Crippen LogP contribution in [0.3, 0.4) is 0 Å². The quantitative estimate of drug-likeness (QED) is 0.473. The van der Waals surface area contributed by atoms with Gasteiger partial charge in [-0.2, -0.15) is 0 Å². The molecule has 0 heterocycles. The van der Waals surface area contributed by atoms with Crippen molar-refractivity contribution < 1.29 is 0 Å². The zero-order chi connectivity index (χ0) is 10.1. The first-order valence-corrected chi connectivity index (χ1v) is 6.04. The number of hydrogen-bond donors (Lipinski definition) is 1. The van der Waals surface area contributed by atoms with Crippen molar-refractivity contribution in [3.05, 3.63) is 0 Å². The van der Waals surface area contributed by atoms with Crippen LogP contribution >= 0.6 is 11.6 Å². The first kappa shape index (κ1) is 13.2. The lowest BCUT2D eigenvalue weighted by atomic mass is 9.99. The maximum atomic E-state index is 6.26. The number of hydrogen-bond acceptors (Lipinski definition) is 1. The fraction of sp³-hybridized carbons (Fsp3) is 1.00. The van der Waals surface area contributed by atoms with Crippen LogP contribution in [0.25, 0.3) is 0 Å². The molecule has 0 aromatic heterocycles. The van der Waals surface area contributed by atoms with Crippen LogP contribution in [-0.4, -0.2) is 18.5 Å². The van der Waals surface area contributed by atoms with Crippen LogP contribution in [0.15, 0.2) is 0 Å². The third-order valence-corrected chi connectivity index (χ3v) is 3.12. The van der Waals surface area contributed by atoms with Gasteiger partial charge < -0.3 is 5.32 Å². The van der Waals surface area contributed by atoms with E-state index in [1.54, 1.807) is 0 Å².